The predicted molar refractivity (Wildman–Crippen MR) is 80.2 cm³/mol. The Bertz CT molecular complexity index is 554. The molecule has 2 rings (SSSR count). The molecule has 0 aliphatic carbocycles. The van der Waals surface area contributed by atoms with E-state index in [1.807, 2.05) is 31.2 Å². The molecule has 0 aromatic heterocycles. The van der Waals surface area contributed by atoms with E-state index < -0.39 is 11.9 Å². The first-order chi connectivity index (χ1) is 10.5. The van der Waals surface area contributed by atoms with Crippen LogP contribution in [-0.4, -0.2) is 30.4 Å². The first-order valence-corrected chi connectivity index (χ1v) is 7.37. The molecule has 1 aromatic rings. The van der Waals surface area contributed by atoms with E-state index in [9.17, 15) is 14.4 Å². The quantitative estimate of drug-likeness (QED) is 0.608. The second kappa shape index (κ2) is 7.59. The molecule has 1 heterocycles. The van der Waals surface area contributed by atoms with Crippen molar-refractivity contribution in [2.45, 2.75) is 38.6 Å². The van der Waals surface area contributed by atoms with E-state index in [4.69, 9.17) is 4.74 Å². The van der Waals surface area contributed by atoms with Crippen LogP contribution in [0.1, 0.15) is 31.2 Å². The minimum Gasteiger partial charge on any atom is -0.494 e. The van der Waals surface area contributed by atoms with Gasteiger partial charge in [0.25, 0.3) is 0 Å². The van der Waals surface area contributed by atoms with Crippen LogP contribution in [0.15, 0.2) is 24.3 Å². The minimum absolute atomic E-state index is 0.206. The van der Waals surface area contributed by atoms with Crippen LogP contribution >= 0.6 is 0 Å². The number of aryl methyl sites for hydroxylation is 1. The molecular weight excluding hydrogens is 284 g/mol. The van der Waals surface area contributed by atoms with E-state index in [1.54, 1.807) is 0 Å². The van der Waals surface area contributed by atoms with Gasteiger partial charge in [0.2, 0.25) is 17.7 Å². The van der Waals surface area contributed by atoms with Crippen LogP contribution in [-0.2, 0) is 14.4 Å². The topological polar surface area (TPSA) is 84.5 Å². The molecule has 2 N–H and O–H groups in total. The van der Waals surface area contributed by atoms with Crippen molar-refractivity contribution >= 4 is 17.7 Å². The molecule has 0 radical (unpaired) electrons. The Morgan fingerprint density at radius 2 is 2.05 bits per heavy atom. The van der Waals surface area contributed by atoms with Gasteiger partial charge in [0.15, 0.2) is 0 Å². The summed E-state index contributed by atoms with van der Waals surface area (Å²) in [7, 11) is 0. The average molecular weight is 304 g/mol. The van der Waals surface area contributed by atoms with Crippen molar-refractivity contribution in [1.82, 2.24) is 10.6 Å². The molecule has 1 saturated heterocycles. The Balaban J connectivity index is 1.64. The van der Waals surface area contributed by atoms with Crippen molar-refractivity contribution in [1.29, 1.82) is 0 Å². The lowest BCUT2D eigenvalue weighted by atomic mass is 10.1. The number of amides is 3. The summed E-state index contributed by atoms with van der Waals surface area (Å²) in [5, 5.41) is 4.85. The number of carbonyl (C=O) groups is 3. The van der Waals surface area contributed by atoms with Gasteiger partial charge < -0.3 is 10.1 Å². The van der Waals surface area contributed by atoms with Crippen molar-refractivity contribution in [2.24, 2.45) is 0 Å². The van der Waals surface area contributed by atoms with E-state index in [-0.39, 0.29) is 24.7 Å². The minimum atomic E-state index is -0.608. The van der Waals surface area contributed by atoms with Crippen LogP contribution in [0, 0.1) is 6.92 Å². The third-order valence-electron chi connectivity index (χ3n) is 3.41. The van der Waals surface area contributed by atoms with Crippen molar-refractivity contribution in [2.75, 3.05) is 6.61 Å². The third-order valence-corrected chi connectivity index (χ3v) is 3.41. The fourth-order valence-electron chi connectivity index (χ4n) is 2.16. The molecule has 0 spiro atoms. The first-order valence-electron chi connectivity index (χ1n) is 7.37. The number of ether oxygens (including phenoxy) is 1. The molecule has 3 amide bonds. The lowest BCUT2D eigenvalue weighted by Crippen LogP contribution is -2.52. The second-order valence-corrected chi connectivity index (χ2v) is 5.34. The Kier molecular flexibility index (Phi) is 5.52. The van der Waals surface area contributed by atoms with Crippen LogP contribution in [0.2, 0.25) is 0 Å². The highest BCUT2D eigenvalue weighted by atomic mass is 16.5. The maximum absolute atomic E-state index is 11.8. The Morgan fingerprint density at radius 1 is 1.32 bits per heavy atom. The van der Waals surface area contributed by atoms with Gasteiger partial charge in [-0.15, -0.1) is 0 Å². The summed E-state index contributed by atoms with van der Waals surface area (Å²) in [5.74, 6) is -0.152. The molecule has 1 aliphatic rings. The summed E-state index contributed by atoms with van der Waals surface area (Å²) >= 11 is 0. The molecule has 1 aliphatic heterocycles. The van der Waals surface area contributed by atoms with Gasteiger partial charge in [-0.3, -0.25) is 19.7 Å². The highest BCUT2D eigenvalue weighted by molar-refractivity contribution is 6.01. The molecule has 6 nitrogen and oxygen atoms in total. The van der Waals surface area contributed by atoms with Crippen molar-refractivity contribution in [3.05, 3.63) is 29.8 Å². The summed E-state index contributed by atoms with van der Waals surface area (Å²) in [6.45, 7) is 2.44. The van der Waals surface area contributed by atoms with Gasteiger partial charge >= 0.3 is 0 Å². The van der Waals surface area contributed by atoms with Gasteiger partial charge in [-0.2, -0.15) is 0 Å². The molecular formula is C16H20N2O4. The van der Waals surface area contributed by atoms with Gasteiger partial charge in [0, 0.05) is 12.8 Å². The van der Waals surface area contributed by atoms with E-state index in [0.29, 0.717) is 19.4 Å². The van der Waals surface area contributed by atoms with E-state index in [0.717, 1.165) is 11.3 Å². The van der Waals surface area contributed by atoms with Crippen molar-refractivity contribution < 1.29 is 19.1 Å². The van der Waals surface area contributed by atoms with Crippen LogP contribution in [0.5, 0.6) is 5.75 Å². The fourth-order valence-corrected chi connectivity index (χ4v) is 2.16. The van der Waals surface area contributed by atoms with Gasteiger partial charge in [-0.1, -0.05) is 17.7 Å². The number of nitrogens with one attached hydrogen (secondary N) is 2. The molecule has 6 heteroatoms. The summed E-state index contributed by atoms with van der Waals surface area (Å²) < 4.78 is 5.53. The lowest BCUT2D eigenvalue weighted by Gasteiger charge is -2.21. The highest BCUT2D eigenvalue weighted by Crippen LogP contribution is 2.12. The van der Waals surface area contributed by atoms with Gasteiger partial charge in [-0.05, 0) is 31.9 Å². The maximum Gasteiger partial charge on any atom is 0.249 e. The predicted octanol–water partition coefficient (Wildman–Crippen LogP) is 1.08. The van der Waals surface area contributed by atoms with Gasteiger partial charge in [0.1, 0.15) is 11.8 Å². The Morgan fingerprint density at radius 3 is 2.73 bits per heavy atom. The van der Waals surface area contributed by atoms with Crippen molar-refractivity contribution in [3.8, 4) is 5.75 Å². The molecule has 1 unspecified atom stereocenters. The second-order valence-electron chi connectivity index (χ2n) is 5.34. The zero-order chi connectivity index (χ0) is 15.9. The number of imide groups is 1. The number of carbonyl (C=O) groups excluding carboxylic acids is 3. The third kappa shape index (κ3) is 4.87. The molecule has 0 saturated carbocycles. The number of benzene rings is 1. The zero-order valence-corrected chi connectivity index (χ0v) is 12.6. The van der Waals surface area contributed by atoms with Crippen LogP contribution < -0.4 is 15.4 Å². The smallest absolute Gasteiger partial charge is 0.249 e. The average Bonchev–Trinajstić information content (AvgIpc) is 2.48. The molecule has 22 heavy (non-hydrogen) atoms. The maximum atomic E-state index is 11.8. The SMILES string of the molecule is Cc1ccc(OCCCC(=O)NC2CCC(=O)NC2=O)cc1. The number of piperidine rings is 1. The molecule has 0 bridgehead atoms. The highest BCUT2D eigenvalue weighted by Gasteiger charge is 2.27. The Labute approximate surface area is 129 Å². The van der Waals surface area contributed by atoms with E-state index in [2.05, 4.69) is 10.6 Å². The summed E-state index contributed by atoms with van der Waals surface area (Å²) in [5.41, 5.74) is 1.16. The zero-order valence-electron chi connectivity index (χ0n) is 12.6. The molecule has 118 valence electrons. The summed E-state index contributed by atoms with van der Waals surface area (Å²) in [6.07, 6.45) is 1.46. The number of hydrogen-bond acceptors (Lipinski definition) is 4. The number of rotatable bonds is 6. The van der Waals surface area contributed by atoms with Crippen LogP contribution in [0.25, 0.3) is 0 Å². The lowest BCUT2D eigenvalue weighted by molar-refractivity contribution is -0.137. The van der Waals surface area contributed by atoms with E-state index in [1.165, 1.54) is 0 Å². The molecule has 1 atom stereocenters. The summed E-state index contributed by atoms with van der Waals surface area (Å²) in [6, 6.07) is 7.09. The number of hydrogen-bond donors (Lipinski definition) is 2. The largest absolute Gasteiger partial charge is 0.494 e. The standard InChI is InChI=1S/C16H20N2O4/c1-11-4-6-12(7-5-11)22-10-2-3-14(19)17-13-8-9-15(20)18-16(13)21/h4-7,13H,2-3,8-10H2,1H3,(H,17,19)(H,18,20,21). The Hall–Kier alpha value is -2.37. The summed E-state index contributed by atoms with van der Waals surface area (Å²) in [4.78, 5) is 34.3. The van der Waals surface area contributed by atoms with E-state index >= 15 is 0 Å². The van der Waals surface area contributed by atoms with Gasteiger partial charge in [0.05, 0.1) is 6.61 Å². The van der Waals surface area contributed by atoms with Gasteiger partial charge in [-0.25, -0.2) is 0 Å². The molecule has 1 fully saturated rings. The van der Waals surface area contributed by atoms with Crippen molar-refractivity contribution in [3.63, 3.8) is 0 Å². The monoisotopic (exact) mass is 304 g/mol. The normalized spacial score (nSPS) is 17.8. The molecule has 1 aromatic carbocycles. The first kappa shape index (κ1) is 16.0. The van der Waals surface area contributed by atoms with Crippen LogP contribution in [0.4, 0.5) is 0 Å². The van der Waals surface area contributed by atoms with Crippen LogP contribution in [0.3, 0.4) is 0 Å². The fraction of sp³-hybridized carbons (Fsp3) is 0.438.